The summed E-state index contributed by atoms with van der Waals surface area (Å²) in [5, 5.41) is 12.1. The second kappa shape index (κ2) is 5.14. The van der Waals surface area contributed by atoms with Gasteiger partial charge in [0.05, 0.1) is 23.1 Å². The zero-order chi connectivity index (χ0) is 16.7. The number of benzene rings is 1. The van der Waals surface area contributed by atoms with Gasteiger partial charge in [-0.2, -0.15) is 5.26 Å². The van der Waals surface area contributed by atoms with Crippen molar-refractivity contribution in [1.82, 2.24) is 9.55 Å². The number of hydrogen-bond donors (Lipinski definition) is 3. The molecule has 0 bridgehead atoms. The maximum Gasteiger partial charge on any atom is 0.329 e. The van der Waals surface area contributed by atoms with E-state index in [2.05, 4.69) is 10.3 Å². The van der Waals surface area contributed by atoms with Gasteiger partial charge in [0.25, 0.3) is 5.56 Å². The third-order valence-corrected chi connectivity index (χ3v) is 3.77. The highest BCUT2D eigenvalue weighted by atomic mass is 19.1. The van der Waals surface area contributed by atoms with Gasteiger partial charge in [-0.05, 0) is 17.7 Å². The van der Waals surface area contributed by atoms with Gasteiger partial charge in [-0.3, -0.25) is 14.3 Å². The van der Waals surface area contributed by atoms with Gasteiger partial charge in [0, 0.05) is 7.05 Å². The maximum atomic E-state index is 13.6. The van der Waals surface area contributed by atoms with Gasteiger partial charge in [0.1, 0.15) is 17.5 Å². The summed E-state index contributed by atoms with van der Waals surface area (Å²) < 4.78 is 14.5. The number of H-pyrrole nitrogens is 1. The van der Waals surface area contributed by atoms with Crippen LogP contribution in [-0.2, 0) is 7.05 Å². The molecule has 0 aliphatic carbocycles. The maximum absolute atomic E-state index is 13.6. The molecule has 3 rings (SSSR count). The molecule has 0 spiro atoms. The van der Waals surface area contributed by atoms with E-state index in [-0.39, 0.29) is 22.8 Å². The summed E-state index contributed by atoms with van der Waals surface area (Å²) in [7, 11) is 1.32. The molecule has 1 aromatic carbocycles. The van der Waals surface area contributed by atoms with Crippen molar-refractivity contribution < 1.29 is 4.39 Å². The first kappa shape index (κ1) is 14.6. The van der Waals surface area contributed by atoms with Crippen molar-refractivity contribution in [2.75, 3.05) is 5.32 Å². The number of hydrogen-bond acceptors (Lipinski definition) is 5. The van der Waals surface area contributed by atoms with Crippen molar-refractivity contribution in [1.29, 1.82) is 5.26 Å². The summed E-state index contributed by atoms with van der Waals surface area (Å²) in [5.74, 6) is -1.23. The van der Waals surface area contributed by atoms with Gasteiger partial charge in [-0.25, -0.2) is 9.18 Å². The van der Waals surface area contributed by atoms with Gasteiger partial charge < -0.3 is 11.1 Å². The monoisotopic (exact) mass is 313 g/mol. The number of aromatic nitrogens is 2. The summed E-state index contributed by atoms with van der Waals surface area (Å²) >= 11 is 0. The van der Waals surface area contributed by atoms with Gasteiger partial charge in [0.2, 0.25) is 0 Å². The first-order valence-corrected chi connectivity index (χ1v) is 6.69. The van der Waals surface area contributed by atoms with Crippen LogP contribution in [0.2, 0.25) is 0 Å². The molecule has 1 aromatic heterocycles. The Balaban J connectivity index is 2.38. The minimum atomic E-state index is -0.859. The van der Waals surface area contributed by atoms with Crippen LogP contribution in [0.25, 0.3) is 0 Å². The summed E-state index contributed by atoms with van der Waals surface area (Å²) in [6.07, 6.45) is 0. The number of anilines is 1. The molecular weight excluding hydrogens is 301 g/mol. The number of nitrogens with one attached hydrogen (secondary N) is 2. The highest BCUT2D eigenvalue weighted by molar-refractivity contribution is 5.63. The lowest BCUT2D eigenvalue weighted by atomic mass is 9.84. The van der Waals surface area contributed by atoms with E-state index < -0.39 is 23.0 Å². The average molecular weight is 313 g/mol. The van der Waals surface area contributed by atoms with Crippen molar-refractivity contribution in [3.63, 3.8) is 0 Å². The number of allylic oxidation sites excluding steroid dienone is 1. The SMILES string of the molecule is Cn1c(=O)[nH]c2c(c1=O)C(c1cccc(F)c1)C(C#N)=C(N)N2. The Hall–Kier alpha value is -3.34. The van der Waals surface area contributed by atoms with E-state index in [4.69, 9.17) is 5.73 Å². The highest BCUT2D eigenvalue weighted by Gasteiger charge is 2.33. The first-order valence-electron chi connectivity index (χ1n) is 6.69. The minimum Gasteiger partial charge on any atom is -0.384 e. The Kier molecular flexibility index (Phi) is 3.26. The quantitative estimate of drug-likeness (QED) is 0.707. The molecule has 2 heterocycles. The van der Waals surface area contributed by atoms with Crippen molar-refractivity contribution >= 4 is 5.82 Å². The molecule has 2 aromatic rings. The molecule has 1 aliphatic rings. The van der Waals surface area contributed by atoms with Crippen LogP contribution in [-0.4, -0.2) is 9.55 Å². The fraction of sp³-hybridized carbons (Fsp3) is 0.133. The van der Waals surface area contributed by atoms with Crippen LogP contribution in [0.15, 0.2) is 45.2 Å². The molecule has 116 valence electrons. The van der Waals surface area contributed by atoms with Crippen molar-refractivity contribution in [2.45, 2.75) is 5.92 Å². The van der Waals surface area contributed by atoms with Crippen LogP contribution in [0.5, 0.6) is 0 Å². The Morgan fingerprint density at radius 1 is 1.39 bits per heavy atom. The molecule has 23 heavy (non-hydrogen) atoms. The summed E-state index contributed by atoms with van der Waals surface area (Å²) in [5.41, 5.74) is 5.27. The topological polar surface area (TPSA) is 117 Å². The van der Waals surface area contributed by atoms with Crippen molar-refractivity contribution in [2.24, 2.45) is 12.8 Å². The molecule has 0 saturated heterocycles. The number of nitrogens with two attached hydrogens (primary N) is 1. The van der Waals surface area contributed by atoms with E-state index in [1.54, 1.807) is 6.07 Å². The molecule has 7 nitrogen and oxygen atoms in total. The number of aromatic amines is 1. The number of nitrogens with zero attached hydrogens (tertiary/aromatic N) is 2. The van der Waals surface area contributed by atoms with Gasteiger partial charge in [-0.15, -0.1) is 0 Å². The number of halogens is 1. The van der Waals surface area contributed by atoms with Crippen molar-refractivity contribution in [3.8, 4) is 6.07 Å². The van der Waals surface area contributed by atoms with Gasteiger partial charge in [0.15, 0.2) is 0 Å². The van der Waals surface area contributed by atoms with E-state index in [0.717, 1.165) is 4.57 Å². The Bertz CT molecular complexity index is 996. The molecule has 0 saturated carbocycles. The molecule has 0 fully saturated rings. The smallest absolute Gasteiger partial charge is 0.329 e. The third kappa shape index (κ3) is 2.19. The molecule has 0 amide bonds. The van der Waals surface area contributed by atoms with Gasteiger partial charge >= 0.3 is 5.69 Å². The van der Waals surface area contributed by atoms with E-state index in [9.17, 15) is 19.2 Å². The van der Waals surface area contributed by atoms with Crippen LogP contribution < -0.4 is 22.3 Å². The second-order valence-electron chi connectivity index (χ2n) is 5.14. The zero-order valence-electron chi connectivity index (χ0n) is 12.1. The highest BCUT2D eigenvalue weighted by Crippen LogP contribution is 2.37. The Labute approximate surface area is 129 Å². The lowest BCUT2D eigenvalue weighted by molar-refractivity contribution is 0.624. The predicted octanol–water partition coefficient (Wildman–Crippen LogP) is 0.464. The minimum absolute atomic E-state index is 0.0122. The fourth-order valence-corrected chi connectivity index (χ4v) is 2.65. The molecular formula is C15H12FN5O2. The first-order chi connectivity index (χ1) is 10.9. The number of rotatable bonds is 1. The standard InChI is InChI=1S/C15H12FN5O2/c1-21-14(22)11-10(7-3-2-4-8(16)5-7)9(6-17)12(18)19-13(11)20-15(21)23/h2-5,10,19H,18H2,1H3,(H,20,23). The average Bonchev–Trinajstić information content (AvgIpc) is 2.51. The summed E-state index contributed by atoms with van der Waals surface area (Å²) in [4.78, 5) is 26.8. The Morgan fingerprint density at radius 2 is 2.13 bits per heavy atom. The number of fused-ring (bicyclic) bond motifs is 1. The molecule has 4 N–H and O–H groups in total. The van der Waals surface area contributed by atoms with Crippen LogP contribution in [0.3, 0.4) is 0 Å². The largest absolute Gasteiger partial charge is 0.384 e. The van der Waals surface area contributed by atoms with E-state index in [1.165, 1.54) is 25.2 Å². The lowest BCUT2D eigenvalue weighted by Crippen LogP contribution is -2.40. The third-order valence-electron chi connectivity index (χ3n) is 3.77. The summed E-state index contributed by atoms with van der Waals surface area (Å²) in [6, 6.07) is 7.52. The zero-order valence-corrected chi connectivity index (χ0v) is 12.1. The molecule has 1 atom stereocenters. The lowest BCUT2D eigenvalue weighted by Gasteiger charge is -2.26. The van der Waals surface area contributed by atoms with Crippen LogP contribution >= 0.6 is 0 Å². The van der Waals surface area contributed by atoms with Crippen LogP contribution in [0, 0.1) is 17.1 Å². The molecule has 1 unspecified atom stereocenters. The van der Waals surface area contributed by atoms with Gasteiger partial charge in [-0.1, -0.05) is 12.1 Å². The van der Waals surface area contributed by atoms with Crippen molar-refractivity contribution in [3.05, 3.63) is 73.4 Å². The molecule has 0 radical (unpaired) electrons. The second-order valence-corrected chi connectivity index (χ2v) is 5.14. The molecule has 1 aliphatic heterocycles. The van der Waals surface area contributed by atoms with Crippen LogP contribution in [0.4, 0.5) is 10.2 Å². The van der Waals surface area contributed by atoms with E-state index >= 15 is 0 Å². The normalized spacial score (nSPS) is 16.5. The summed E-state index contributed by atoms with van der Waals surface area (Å²) in [6.45, 7) is 0. The number of nitriles is 1. The Morgan fingerprint density at radius 3 is 2.78 bits per heavy atom. The predicted molar refractivity (Wildman–Crippen MR) is 81.0 cm³/mol. The van der Waals surface area contributed by atoms with E-state index in [0.29, 0.717) is 5.56 Å². The van der Waals surface area contributed by atoms with Crippen LogP contribution in [0.1, 0.15) is 17.0 Å². The fourth-order valence-electron chi connectivity index (χ4n) is 2.65. The molecule has 8 heteroatoms. The van der Waals surface area contributed by atoms with E-state index in [1.807, 2.05) is 6.07 Å².